The smallest absolute Gasteiger partial charge is 0.254 e. The summed E-state index contributed by atoms with van der Waals surface area (Å²) in [7, 11) is 1.58. The first-order chi connectivity index (χ1) is 15.5. The molecule has 0 saturated heterocycles. The summed E-state index contributed by atoms with van der Waals surface area (Å²) in [5.41, 5.74) is 0.684. The molecule has 32 heavy (non-hydrogen) atoms. The molecule has 8 nitrogen and oxygen atoms in total. The lowest BCUT2D eigenvalue weighted by molar-refractivity contribution is -0.113. The lowest BCUT2D eigenvalue weighted by Gasteiger charge is -2.09. The normalized spacial score (nSPS) is 10.6. The van der Waals surface area contributed by atoms with Crippen molar-refractivity contribution in [3.8, 4) is 5.75 Å². The van der Waals surface area contributed by atoms with Crippen LogP contribution in [-0.4, -0.2) is 46.0 Å². The van der Waals surface area contributed by atoms with E-state index in [0.717, 1.165) is 0 Å². The van der Waals surface area contributed by atoms with Crippen molar-refractivity contribution in [3.05, 3.63) is 65.7 Å². The molecule has 0 fully saturated rings. The zero-order chi connectivity index (χ0) is 22.9. The maximum absolute atomic E-state index is 13.7. The molecule has 3 rings (SSSR count). The van der Waals surface area contributed by atoms with Crippen molar-refractivity contribution in [1.82, 2.24) is 20.1 Å². The zero-order valence-electron chi connectivity index (χ0n) is 17.8. The van der Waals surface area contributed by atoms with E-state index in [2.05, 4.69) is 20.8 Å². The monoisotopic (exact) mass is 457 g/mol. The van der Waals surface area contributed by atoms with Gasteiger partial charge in [-0.2, -0.15) is 0 Å². The number of hydrogen-bond acceptors (Lipinski definition) is 6. The second kappa shape index (κ2) is 11.3. The number of nitrogens with one attached hydrogen (secondary N) is 2. The van der Waals surface area contributed by atoms with Gasteiger partial charge in [0, 0.05) is 25.2 Å². The van der Waals surface area contributed by atoms with Crippen molar-refractivity contribution >= 4 is 29.3 Å². The molecular formula is C22H24FN5O3S. The number of aromatic nitrogens is 3. The van der Waals surface area contributed by atoms with Crippen LogP contribution in [0.25, 0.3) is 0 Å². The standard InChI is InChI=1S/C22H24FN5O3S/c1-3-28-19(12-13-24-21(30)17-6-4-5-7-18(17)23)26-27-22(28)32-14-20(29)25-15-8-10-16(31-2)11-9-15/h4-11H,3,12-14H2,1-2H3,(H,24,30)(H,25,29). The van der Waals surface area contributed by atoms with Crippen molar-refractivity contribution in [3.63, 3.8) is 0 Å². The summed E-state index contributed by atoms with van der Waals surface area (Å²) in [5, 5.41) is 14.5. The number of methoxy groups -OCH3 is 1. The number of carbonyl (C=O) groups excluding carboxylic acids is 2. The number of ether oxygens (including phenoxy) is 1. The molecule has 168 valence electrons. The van der Waals surface area contributed by atoms with Gasteiger partial charge in [-0.1, -0.05) is 23.9 Å². The van der Waals surface area contributed by atoms with E-state index in [9.17, 15) is 14.0 Å². The average Bonchev–Trinajstić information content (AvgIpc) is 3.20. The van der Waals surface area contributed by atoms with Gasteiger partial charge in [0.2, 0.25) is 5.91 Å². The van der Waals surface area contributed by atoms with Gasteiger partial charge in [0.15, 0.2) is 5.16 Å². The summed E-state index contributed by atoms with van der Waals surface area (Å²) in [4.78, 5) is 24.4. The summed E-state index contributed by atoms with van der Waals surface area (Å²) in [5.74, 6) is 0.368. The number of thioether (sulfide) groups is 1. The number of carbonyl (C=O) groups is 2. The van der Waals surface area contributed by atoms with Gasteiger partial charge in [0.1, 0.15) is 17.4 Å². The number of rotatable bonds is 10. The van der Waals surface area contributed by atoms with E-state index in [1.54, 1.807) is 37.4 Å². The van der Waals surface area contributed by atoms with Crippen LogP contribution in [0.4, 0.5) is 10.1 Å². The second-order valence-corrected chi connectivity index (χ2v) is 7.64. The minimum absolute atomic E-state index is 0.00331. The maximum atomic E-state index is 13.7. The maximum Gasteiger partial charge on any atom is 0.254 e. The Hall–Kier alpha value is -3.40. The van der Waals surface area contributed by atoms with E-state index < -0.39 is 11.7 Å². The fourth-order valence-corrected chi connectivity index (χ4v) is 3.78. The number of halogens is 1. The summed E-state index contributed by atoms with van der Waals surface area (Å²) in [6.45, 7) is 2.85. The fourth-order valence-electron chi connectivity index (χ4n) is 2.96. The second-order valence-electron chi connectivity index (χ2n) is 6.69. The van der Waals surface area contributed by atoms with E-state index in [4.69, 9.17) is 4.74 Å². The van der Waals surface area contributed by atoms with Gasteiger partial charge in [0.25, 0.3) is 5.91 Å². The summed E-state index contributed by atoms with van der Waals surface area (Å²) >= 11 is 1.28. The highest BCUT2D eigenvalue weighted by Gasteiger charge is 2.15. The van der Waals surface area contributed by atoms with Crippen molar-refractivity contribution in [2.45, 2.75) is 25.0 Å². The largest absolute Gasteiger partial charge is 0.497 e. The lowest BCUT2D eigenvalue weighted by atomic mass is 10.2. The molecule has 3 aromatic rings. The van der Waals surface area contributed by atoms with E-state index in [1.165, 1.54) is 30.0 Å². The van der Waals surface area contributed by atoms with E-state index in [0.29, 0.717) is 35.4 Å². The van der Waals surface area contributed by atoms with E-state index in [-0.39, 0.29) is 23.8 Å². The van der Waals surface area contributed by atoms with Gasteiger partial charge >= 0.3 is 0 Å². The molecule has 0 saturated carbocycles. The fraction of sp³-hybridized carbons (Fsp3) is 0.273. The average molecular weight is 458 g/mol. The first kappa shape index (κ1) is 23.3. The molecule has 0 aliphatic heterocycles. The minimum atomic E-state index is -0.562. The molecule has 0 bridgehead atoms. The molecule has 1 aromatic heterocycles. The third kappa shape index (κ3) is 6.07. The number of amides is 2. The Balaban J connectivity index is 1.51. The summed E-state index contributed by atoms with van der Waals surface area (Å²) in [6, 6.07) is 12.9. The SMILES string of the molecule is CCn1c(CCNC(=O)c2ccccc2F)nnc1SCC(=O)Nc1ccc(OC)cc1. The summed E-state index contributed by atoms with van der Waals surface area (Å²) < 4.78 is 20.7. The molecule has 2 aromatic carbocycles. The molecule has 0 radical (unpaired) electrons. The quantitative estimate of drug-likeness (QED) is 0.454. The molecule has 0 aliphatic carbocycles. The van der Waals surface area contributed by atoms with Gasteiger partial charge < -0.3 is 19.9 Å². The third-order valence-electron chi connectivity index (χ3n) is 4.57. The van der Waals surface area contributed by atoms with Gasteiger partial charge in [-0.25, -0.2) is 4.39 Å². The number of nitrogens with zero attached hydrogens (tertiary/aromatic N) is 3. The molecule has 0 atom stereocenters. The van der Waals surface area contributed by atoms with Gasteiger partial charge in [0.05, 0.1) is 18.4 Å². The van der Waals surface area contributed by atoms with Crippen molar-refractivity contribution < 1.29 is 18.7 Å². The predicted octanol–water partition coefficient (Wildman–Crippen LogP) is 3.15. The van der Waals surface area contributed by atoms with Crippen molar-refractivity contribution in [2.24, 2.45) is 0 Å². The molecular weight excluding hydrogens is 433 g/mol. The predicted molar refractivity (Wildman–Crippen MR) is 120 cm³/mol. The Morgan fingerprint density at radius 1 is 1.12 bits per heavy atom. The molecule has 0 aliphatic rings. The van der Waals surface area contributed by atoms with Crippen molar-refractivity contribution in [2.75, 3.05) is 24.7 Å². The molecule has 2 amide bonds. The van der Waals surface area contributed by atoms with Gasteiger partial charge in [-0.05, 0) is 43.3 Å². The van der Waals surface area contributed by atoms with Crippen molar-refractivity contribution in [1.29, 1.82) is 0 Å². The third-order valence-corrected chi connectivity index (χ3v) is 5.54. The number of benzene rings is 2. The molecule has 0 unspecified atom stereocenters. The van der Waals surface area contributed by atoms with Crippen LogP contribution in [0.15, 0.2) is 53.7 Å². The highest BCUT2D eigenvalue weighted by Crippen LogP contribution is 2.19. The topological polar surface area (TPSA) is 98.1 Å². The Kier molecular flexibility index (Phi) is 8.20. The molecule has 0 spiro atoms. The number of hydrogen-bond donors (Lipinski definition) is 2. The van der Waals surface area contributed by atoms with Crippen LogP contribution in [0.2, 0.25) is 0 Å². The Labute approximate surface area is 189 Å². The van der Waals surface area contributed by atoms with E-state index in [1.807, 2.05) is 11.5 Å². The van der Waals surface area contributed by atoms with Crippen LogP contribution in [0, 0.1) is 5.82 Å². The van der Waals surface area contributed by atoms with Crippen LogP contribution in [0.1, 0.15) is 23.1 Å². The highest BCUT2D eigenvalue weighted by atomic mass is 32.2. The van der Waals surface area contributed by atoms with Gasteiger partial charge in [-0.3, -0.25) is 9.59 Å². The highest BCUT2D eigenvalue weighted by molar-refractivity contribution is 7.99. The van der Waals surface area contributed by atoms with Crippen LogP contribution < -0.4 is 15.4 Å². The summed E-state index contributed by atoms with van der Waals surface area (Å²) in [6.07, 6.45) is 0.430. The zero-order valence-corrected chi connectivity index (χ0v) is 18.6. The van der Waals surface area contributed by atoms with E-state index >= 15 is 0 Å². The van der Waals surface area contributed by atoms with Crippen LogP contribution in [0.5, 0.6) is 5.75 Å². The lowest BCUT2D eigenvalue weighted by Crippen LogP contribution is -2.27. The molecule has 2 N–H and O–H groups in total. The van der Waals surface area contributed by atoms with Gasteiger partial charge in [-0.15, -0.1) is 10.2 Å². The molecule has 1 heterocycles. The minimum Gasteiger partial charge on any atom is -0.497 e. The molecule has 10 heteroatoms. The first-order valence-electron chi connectivity index (χ1n) is 10.0. The number of anilines is 1. The van der Waals surface area contributed by atoms with Crippen LogP contribution in [-0.2, 0) is 17.8 Å². The Bertz CT molecular complexity index is 1070. The first-order valence-corrected chi connectivity index (χ1v) is 11.0. The van der Waals surface area contributed by atoms with Crippen LogP contribution in [0.3, 0.4) is 0 Å². The Morgan fingerprint density at radius 3 is 2.56 bits per heavy atom. The van der Waals surface area contributed by atoms with Crippen LogP contribution >= 0.6 is 11.8 Å². The Morgan fingerprint density at radius 2 is 1.88 bits per heavy atom.